The highest BCUT2D eigenvalue weighted by atomic mass is 35.5. The van der Waals surface area contributed by atoms with Crippen LogP contribution in [0.2, 0.25) is 5.02 Å². The number of halogens is 2. The fourth-order valence-corrected chi connectivity index (χ4v) is 3.02. The van der Waals surface area contributed by atoms with E-state index >= 15 is 0 Å². The fourth-order valence-electron chi connectivity index (χ4n) is 2.85. The minimum absolute atomic E-state index is 0.0782. The molecule has 1 aliphatic heterocycles. The van der Waals surface area contributed by atoms with Crippen LogP contribution in [0.5, 0.6) is 0 Å². The van der Waals surface area contributed by atoms with Gasteiger partial charge in [0.25, 0.3) is 5.89 Å². The van der Waals surface area contributed by atoms with E-state index in [4.69, 9.17) is 16.1 Å². The number of carbonyl (C=O) groups is 2. The van der Waals surface area contributed by atoms with Gasteiger partial charge in [-0.1, -0.05) is 53.2 Å². The number of rotatable bonds is 5. The molecule has 0 saturated carbocycles. The summed E-state index contributed by atoms with van der Waals surface area (Å²) in [5, 5.41) is 11.4. The van der Waals surface area contributed by atoms with Crippen molar-refractivity contribution in [3.05, 3.63) is 65.3 Å². The number of nitrogens with one attached hydrogen (secondary N) is 1. The van der Waals surface area contributed by atoms with Gasteiger partial charge in [0.1, 0.15) is 12.3 Å². The van der Waals surface area contributed by atoms with E-state index < -0.39 is 18.3 Å². The second-order valence-corrected chi connectivity index (χ2v) is 6.84. The Morgan fingerprint density at radius 2 is 1.97 bits per heavy atom. The van der Waals surface area contributed by atoms with Crippen molar-refractivity contribution in [3.63, 3.8) is 0 Å². The Labute approximate surface area is 175 Å². The maximum atomic E-state index is 14.0. The second kappa shape index (κ2) is 8.42. The summed E-state index contributed by atoms with van der Waals surface area (Å²) in [5.41, 5.74) is 1.09. The lowest BCUT2D eigenvalue weighted by Gasteiger charge is -2.21. The first-order valence-electron chi connectivity index (χ1n) is 9.02. The lowest BCUT2D eigenvalue weighted by molar-refractivity contribution is -0.135. The molecule has 8 nitrogen and oxygen atoms in total. The SMILES string of the molecule is O=C(CN1N=C(c2nc(-c3ccccc3)no2)CCC1=O)Nc1cccc(Cl)c1F. The second-order valence-electron chi connectivity index (χ2n) is 6.44. The minimum Gasteiger partial charge on any atom is -0.332 e. The van der Waals surface area contributed by atoms with Crippen molar-refractivity contribution in [2.75, 3.05) is 11.9 Å². The van der Waals surface area contributed by atoms with Crippen molar-refractivity contribution in [2.45, 2.75) is 12.8 Å². The fraction of sp³-hybridized carbons (Fsp3) is 0.150. The van der Waals surface area contributed by atoms with Gasteiger partial charge in [0, 0.05) is 18.4 Å². The molecule has 3 aromatic rings. The summed E-state index contributed by atoms with van der Waals surface area (Å²) < 4.78 is 19.2. The molecule has 30 heavy (non-hydrogen) atoms. The van der Waals surface area contributed by atoms with Crippen molar-refractivity contribution in [2.24, 2.45) is 5.10 Å². The van der Waals surface area contributed by atoms with Crippen LogP contribution in [0, 0.1) is 5.82 Å². The molecule has 10 heteroatoms. The zero-order valence-electron chi connectivity index (χ0n) is 15.5. The number of hydrogen-bond donors (Lipinski definition) is 1. The minimum atomic E-state index is -0.749. The highest BCUT2D eigenvalue weighted by molar-refractivity contribution is 6.31. The normalized spacial score (nSPS) is 13.9. The van der Waals surface area contributed by atoms with Gasteiger partial charge in [-0.3, -0.25) is 9.59 Å². The van der Waals surface area contributed by atoms with Crippen molar-refractivity contribution >= 4 is 34.8 Å². The molecule has 1 N–H and O–H groups in total. The Balaban J connectivity index is 1.49. The highest BCUT2D eigenvalue weighted by Crippen LogP contribution is 2.22. The van der Waals surface area contributed by atoms with Crippen LogP contribution in [-0.2, 0) is 9.59 Å². The molecule has 1 aliphatic rings. The number of hydrazone groups is 1. The monoisotopic (exact) mass is 427 g/mol. The standard InChI is InChI=1S/C20H15ClFN5O3/c21-13-7-4-8-14(18(13)22)23-16(28)11-27-17(29)10-9-15(25-27)20-24-19(26-30-20)12-5-2-1-3-6-12/h1-8H,9-11H2,(H,23,28). The first-order valence-corrected chi connectivity index (χ1v) is 9.40. The van der Waals surface area contributed by atoms with Crippen molar-refractivity contribution in [1.29, 1.82) is 0 Å². The number of carbonyl (C=O) groups excluding carboxylic acids is 2. The zero-order valence-corrected chi connectivity index (χ0v) is 16.3. The average Bonchev–Trinajstić information content (AvgIpc) is 3.24. The summed E-state index contributed by atoms with van der Waals surface area (Å²) in [6.07, 6.45) is 0.428. The van der Waals surface area contributed by atoms with Crippen LogP contribution in [0.4, 0.5) is 10.1 Å². The summed E-state index contributed by atoms with van der Waals surface area (Å²) in [7, 11) is 0. The number of aromatic nitrogens is 2. The van der Waals surface area contributed by atoms with Crippen LogP contribution >= 0.6 is 11.6 Å². The first-order chi connectivity index (χ1) is 14.5. The Morgan fingerprint density at radius 1 is 1.17 bits per heavy atom. The Hall–Kier alpha value is -3.59. The van der Waals surface area contributed by atoms with E-state index in [1.807, 2.05) is 30.3 Å². The molecule has 4 rings (SSSR count). The van der Waals surface area contributed by atoms with Gasteiger partial charge in [0.05, 0.1) is 10.7 Å². The smallest absolute Gasteiger partial charge is 0.274 e. The zero-order chi connectivity index (χ0) is 21.1. The summed E-state index contributed by atoms with van der Waals surface area (Å²) in [4.78, 5) is 28.8. The molecule has 152 valence electrons. The van der Waals surface area contributed by atoms with Gasteiger partial charge in [-0.15, -0.1) is 0 Å². The van der Waals surface area contributed by atoms with Crippen LogP contribution in [0.25, 0.3) is 11.4 Å². The van der Waals surface area contributed by atoms with Gasteiger partial charge in [-0.2, -0.15) is 10.1 Å². The molecule has 1 aromatic heterocycles. The van der Waals surface area contributed by atoms with Gasteiger partial charge in [-0.25, -0.2) is 9.40 Å². The Kier molecular flexibility index (Phi) is 5.53. The summed E-state index contributed by atoms with van der Waals surface area (Å²) in [5.74, 6) is -1.15. The molecule has 2 heterocycles. The molecule has 0 spiro atoms. The van der Waals surface area contributed by atoms with Gasteiger partial charge in [0.2, 0.25) is 17.6 Å². The highest BCUT2D eigenvalue weighted by Gasteiger charge is 2.26. The molecule has 0 aliphatic carbocycles. The molecular weight excluding hydrogens is 413 g/mol. The van der Waals surface area contributed by atoms with Gasteiger partial charge in [-0.05, 0) is 12.1 Å². The molecule has 0 saturated heterocycles. The number of amides is 2. The Morgan fingerprint density at radius 3 is 2.77 bits per heavy atom. The quantitative estimate of drug-likeness (QED) is 0.671. The number of anilines is 1. The largest absolute Gasteiger partial charge is 0.332 e. The van der Waals surface area contributed by atoms with E-state index in [1.54, 1.807) is 0 Å². The van der Waals surface area contributed by atoms with Crippen molar-refractivity contribution in [3.8, 4) is 11.4 Å². The van der Waals surface area contributed by atoms with Crippen LogP contribution in [0.15, 0.2) is 58.2 Å². The van der Waals surface area contributed by atoms with Crippen LogP contribution < -0.4 is 5.32 Å². The van der Waals surface area contributed by atoms with Crippen LogP contribution in [-0.4, -0.2) is 39.2 Å². The summed E-state index contributed by atoms with van der Waals surface area (Å²) in [6, 6.07) is 13.5. The number of nitrogens with zero attached hydrogens (tertiary/aromatic N) is 4. The van der Waals surface area contributed by atoms with E-state index in [0.29, 0.717) is 18.0 Å². The topological polar surface area (TPSA) is 101 Å². The van der Waals surface area contributed by atoms with Crippen molar-refractivity contribution < 1.29 is 18.5 Å². The molecular formula is C20H15ClFN5O3. The third-order valence-corrected chi connectivity index (χ3v) is 4.62. The van der Waals surface area contributed by atoms with Crippen LogP contribution in [0.3, 0.4) is 0 Å². The van der Waals surface area contributed by atoms with E-state index in [9.17, 15) is 14.0 Å². The van der Waals surface area contributed by atoms with E-state index in [1.165, 1.54) is 18.2 Å². The average molecular weight is 428 g/mol. The Bertz CT molecular complexity index is 1130. The molecule has 0 atom stereocenters. The van der Waals surface area contributed by atoms with E-state index in [-0.39, 0.29) is 28.9 Å². The lowest BCUT2D eigenvalue weighted by atomic mass is 10.1. The first kappa shape index (κ1) is 19.7. The molecule has 0 bridgehead atoms. The van der Waals surface area contributed by atoms with Crippen molar-refractivity contribution in [1.82, 2.24) is 15.1 Å². The lowest BCUT2D eigenvalue weighted by Crippen LogP contribution is -2.38. The predicted molar refractivity (Wildman–Crippen MR) is 107 cm³/mol. The molecule has 0 radical (unpaired) electrons. The summed E-state index contributed by atoms with van der Waals surface area (Å²) >= 11 is 5.71. The van der Waals surface area contributed by atoms with Gasteiger partial charge in [0.15, 0.2) is 5.82 Å². The van der Waals surface area contributed by atoms with E-state index in [2.05, 4.69) is 20.6 Å². The summed E-state index contributed by atoms with van der Waals surface area (Å²) in [6.45, 7) is -0.395. The third-order valence-electron chi connectivity index (χ3n) is 4.33. The third kappa shape index (κ3) is 4.20. The number of benzene rings is 2. The molecule has 2 aromatic carbocycles. The molecule has 0 unspecified atom stereocenters. The van der Waals surface area contributed by atoms with Gasteiger partial charge >= 0.3 is 0 Å². The molecule has 0 fully saturated rings. The maximum Gasteiger partial charge on any atom is 0.274 e. The van der Waals surface area contributed by atoms with Crippen LogP contribution in [0.1, 0.15) is 18.7 Å². The predicted octanol–water partition coefficient (Wildman–Crippen LogP) is 3.49. The van der Waals surface area contributed by atoms with E-state index in [0.717, 1.165) is 10.6 Å². The number of hydrogen-bond acceptors (Lipinski definition) is 6. The molecule has 2 amide bonds. The maximum absolute atomic E-state index is 14.0. The van der Waals surface area contributed by atoms with Gasteiger partial charge < -0.3 is 9.84 Å².